The van der Waals surface area contributed by atoms with Crippen molar-refractivity contribution in [2.75, 3.05) is 33.7 Å². The van der Waals surface area contributed by atoms with Gasteiger partial charge in [-0.3, -0.25) is 9.69 Å². The maximum atomic E-state index is 14.1. The van der Waals surface area contributed by atoms with Crippen molar-refractivity contribution in [3.63, 3.8) is 0 Å². The molecule has 1 atom stereocenters. The molecule has 1 aromatic rings. The highest BCUT2D eigenvalue weighted by Crippen LogP contribution is 2.25. The standard InChI is InChI=1S/C18H27F2N3O/c1-4-10-23-11-8-13(9-12-23)21-18(24)17(22(2)3)16-14(19)6-5-7-15(16)20/h5-7,13,17H,4,8-12H2,1-3H3,(H,21,24). The third-order valence-electron chi connectivity index (χ3n) is 4.51. The Labute approximate surface area is 142 Å². The van der Waals surface area contributed by atoms with Crippen LogP contribution in [0.25, 0.3) is 0 Å². The van der Waals surface area contributed by atoms with Crippen LogP contribution in [0.15, 0.2) is 18.2 Å². The average molecular weight is 339 g/mol. The largest absolute Gasteiger partial charge is 0.352 e. The molecule has 0 saturated carbocycles. The zero-order valence-corrected chi connectivity index (χ0v) is 14.7. The van der Waals surface area contributed by atoms with Crippen molar-refractivity contribution in [1.82, 2.24) is 15.1 Å². The first-order valence-corrected chi connectivity index (χ1v) is 8.57. The van der Waals surface area contributed by atoms with Crippen LogP contribution in [0.2, 0.25) is 0 Å². The molecule has 1 fully saturated rings. The van der Waals surface area contributed by atoms with Crippen LogP contribution in [0.3, 0.4) is 0 Å². The highest BCUT2D eigenvalue weighted by atomic mass is 19.1. The van der Waals surface area contributed by atoms with E-state index in [-0.39, 0.29) is 17.5 Å². The molecule has 4 nitrogen and oxygen atoms in total. The van der Waals surface area contributed by atoms with Crippen LogP contribution < -0.4 is 5.32 Å². The zero-order valence-electron chi connectivity index (χ0n) is 14.7. The van der Waals surface area contributed by atoms with E-state index in [1.807, 2.05) is 0 Å². The van der Waals surface area contributed by atoms with Gasteiger partial charge >= 0.3 is 0 Å². The van der Waals surface area contributed by atoms with Gasteiger partial charge in [0.2, 0.25) is 5.91 Å². The van der Waals surface area contributed by atoms with Crippen molar-refractivity contribution in [2.45, 2.75) is 38.3 Å². The lowest BCUT2D eigenvalue weighted by Gasteiger charge is -2.33. The molecule has 24 heavy (non-hydrogen) atoms. The molecule has 1 heterocycles. The lowest BCUT2D eigenvalue weighted by molar-refractivity contribution is -0.127. The maximum Gasteiger partial charge on any atom is 0.242 e. The summed E-state index contributed by atoms with van der Waals surface area (Å²) in [6.07, 6.45) is 2.85. The summed E-state index contributed by atoms with van der Waals surface area (Å²) in [5.74, 6) is -1.74. The Morgan fingerprint density at radius 1 is 1.29 bits per heavy atom. The molecule has 1 aliphatic rings. The van der Waals surface area contributed by atoms with Gasteiger partial charge in [0.05, 0.1) is 5.56 Å². The van der Waals surface area contributed by atoms with Crippen LogP contribution in [-0.2, 0) is 4.79 Å². The maximum absolute atomic E-state index is 14.1. The van der Waals surface area contributed by atoms with Crippen molar-refractivity contribution in [2.24, 2.45) is 0 Å². The summed E-state index contributed by atoms with van der Waals surface area (Å²) in [6, 6.07) is 2.77. The fourth-order valence-electron chi connectivity index (χ4n) is 3.29. The molecule has 1 unspecified atom stereocenters. The Morgan fingerprint density at radius 2 is 1.88 bits per heavy atom. The van der Waals surface area contributed by atoms with Gasteiger partial charge in [-0.15, -0.1) is 0 Å². The van der Waals surface area contributed by atoms with Gasteiger partial charge in [0.25, 0.3) is 0 Å². The van der Waals surface area contributed by atoms with E-state index in [9.17, 15) is 13.6 Å². The summed E-state index contributed by atoms with van der Waals surface area (Å²) in [5, 5.41) is 2.98. The first-order valence-electron chi connectivity index (χ1n) is 8.57. The molecule has 134 valence electrons. The van der Waals surface area contributed by atoms with E-state index in [4.69, 9.17) is 0 Å². The topological polar surface area (TPSA) is 35.6 Å². The van der Waals surface area contributed by atoms with Gasteiger partial charge in [-0.05, 0) is 52.0 Å². The molecule has 1 saturated heterocycles. The zero-order chi connectivity index (χ0) is 17.7. The number of hydrogen-bond donors (Lipinski definition) is 1. The number of nitrogens with one attached hydrogen (secondary N) is 1. The average Bonchev–Trinajstić information content (AvgIpc) is 2.52. The van der Waals surface area contributed by atoms with Crippen LogP contribution in [0.1, 0.15) is 37.8 Å². The molecule has 1 amide bonds. The molecule has 0 aromatic heterocycles. The summed E-state index contributed by atoms with van der Waals surface area (Å²) in [4.78, 5) is 16.6. The Kier molecular flexibility index (Phi) is 6.69. The number of carbonyl (C=O) groups excluding carboxylic acids is 1. The van der Waals surface area contributed by atoms with Gasteiger partial charge < -0.3 is 10.2 Å². The first-order chi connectivity index (χ1) is 11.4. The van der Waals surface area contributed by atoms with Gasteiger partial charge in [0.1, 0.15) is 17.7 Å². The molecular weight excluding hydrogens is 312 g/mol. The molecule has 0 radical (unpaired) electrons. The number of benzene rings is 1. The van der Waals surface area contributed by atoms with Crippen LogP contribution in [0.4, 0.5) is 8.78 Å². The second kappa shape index (κ2) is 8.53. The summed E-state index contributed by atoms with van der Waals surface area (Å²) < 4.78 is 28.2. The van der Waals surface area contributed by atoms with E-state index < -0.39 is 17.7 Å². The Hall–Kier alpha value is -1.53. The number of rotatable bonds is 6. The second-order valence-corrected chi connectivity index (χ2v) is 6.63. The van der Waals surface area contributed by atoms with E-state index >= 15 is 0 Å². The van der Waals surface area contributed by atoms with E-state index in [0.29, 0.717) is 0 Å². The fourth-order valence-corrected chi connectivity index (χ4v) is 3.29. The minimum Gasteiger partial charge on any atom is -0.352 e. The number of hydrogen-bond acceptors (Lipinski definition) is 3. The monoisotopic (exact) mass is 339 g/mol. The van der Waals surface area contributed by atoms with Gasteiger partial charge in [0.15, 0.2) is 0 Å². The van der Waals surface area contributed by atoms with Crippen LogP contribution in [0, 0.1) is 11.6 Å². The molecule has 1 aliphatic heterocycles. The molecule has 0 spiro atoms. The van der Waals surface area contributed by atoms with Crippen LogP contribution in [0.5, 0.6) is 0 Å². The number of piperidine rings is 1. The van der Waals surface area contributed by atoms with Gasteiger partial charge in [0, 0.05) is 19.1 Å². The van der Waals surface area contributed by atoms with Gasteiger partial charge in [-0.25, -0.2) is 8.78 Å². The van der Waals surface area contributed by atoms with Crippen molar-refractivity contribution in [1.29, 1.82) is 0 Å². The number of carbonyl (C=O) groups is 1. The van der Waals surface area contributed by atoms with Crippen LogP contribution >= 0.6 is 0 Å². The summed E-state index contributed by atoms with van der Waals surface area (Å²) >= 11 is 0. The number of likely N-dealkylation sites (tertiary alicyclic amines) is 1. The van der Waals surface area contributed by atoms with E-state index in [0.717, 1.165) is 38.9 Å². The third-order valence-corrected chi connectivity index (χ3v) is 4.51. The van der Waals surface area contributed by atoms with E-state index in [1.54, 1.807) is 19.0 Å². The highest BCUT2D eigenvalue weighted by molar-refractivity contribution is 5.83. The smallest absolute Gasteiger partial charge is 0.242 e. The van der Waals surface area contributed by atoms with Crippen LogP contribution in [-0.4, -0.2) is 55.5 Å². The molecular formula is C18H27F2N3O. The number of amides is 1. The third kappa shape index (κ3) is 4.51. The minimum atomic E-state index is -0.972. The molecule has 1 aromatic carbocycles. The summed E-state index contributed by atoms with van der Waals surface area (Å²) in [5.41, 5.74) is -0.191. The van der Waals surface area contributed by atoms with Gasteiger partial charge in [-0.2, -0.15) is 0 Å². The molecule has 2 rings (SSSR count). The number of halogens is 2. The minimum absolute atomic E-state index is 0.0582. The Morgan fingerprint density at radius 3 is 2.38 bits per heavy atom. The normalized spacial score (nSPS) is 17.9. The van der Waals surface area contributed by atoms with E-state index in [2.05, 4.69) is 17.1 Å². The predicted octanol–water partition coefficient (Wildman–Crippen LogP) is 2.56. The SMILES string of the molecule is CCCN1CCC(NC(=O)C(c2c(F)cccc2F)N(C)C)CC1. The Balaban J connectivity index is 2.06. The lowest BCUT2D eigenvalue weighted by atomic mass is 10.0. The number of likely N-dealkylation sites (N-methyl/N-ethyl adjacent to an activating group) is 1. The fraction of sp³-hybridized carbons (Fsp3) is 0.611. The summed E-state index contributed by atoms with van der Waals surface area (Å²) in [7, 11) is 3.31. The van der Waals surface area contributed by atoms with Crippen molar-refractivity contribution in [3.05, 3.63) is 35.4 Å². The quantitative estimate of drug-likeness (QED) is 0.865. The predicted molar refractivity (Wildman–Crippen MR) is 90.7 cm³/mol. The molecule has 0 aliphatic carbocycles. The lowest BCUT2D eigenvalue weighted by Crippen LogP contribution is -2.48. The van der Waals surface area contributed by atoms with Crippen molar-refractivity contribution in [3.8, 4) is 0 Å². The van der Waals surface area contributed by atoms with Gasteiger partial charge in [-0.1, -0.05) is 13.0 Å². The first kappa shape index (κ1) is 18.8. The summed E-state index contributed by atoms with van der Waals surface area (Å²) in [6.45, 7) is 5.11. The van der Waals surface area contributed by atoms with Crippen molar-refractivity contribution >= 4 is 5.91 Å². The Bertz CT molecular complexity index is 537. The second-order valence-electron chi connectivity index (χ2n) is 6.63. The van der Waals surface area contributed by atoms with E-state index in [1.165, 1.54) is 18.2 Å². The highest BCUT2D eigenvalue weighted by Gasteiger charge is 2.31. The molecule has 6 heteroatoms. The molecule has 1 N–H and O–H groups in total. The van der Waals surface area contributed by atoms with Crippen molar-refractivity contribution < 1.29 is 13.6 Å². The molecule has 0 bridgehead atoms. The number of nitrogens with zero attached hydrogens (tertiary/aromatic N) is 2.